The number of benzene rings is 1. The number of sulfone groups is 1. The Morgan fingerprint density at radius 2 is 2.00 bits per heavy atom. The van der Waals surface area contributed by atoms with Crippen LogP contribution >= 0.6 is 0 Å². The van der Waals surface area contributed by atoms with Gasteiger partial charge < -0.3 is 10.2 Å². The predicted molar refractivity (Wildman–Crippen MR) is 76.2 cm³/mol. The molecule has 1 heterocycles. The van der Waals surface area contributed by atoms with E-state index in [1.807, 2.05) is 4.90 Å². The zero-order chi connectivity index (χ0) is 14.8. The zero-order valence-electron chi connectivity index (χ0n) is 11.6. The maximum Gasteiger partial charge on any atom is 0.179 e. The summed E-state index contributed by atoms with van der Waals surface area (Å²) in [5, 5.41) is 19.7. The molecular formula is C14H21NO4S. The van der Waals surface area contributed by atoms with Crippen LogP contribution in [0.2, 0.25) is 0 Å². The Bertz CT molecular complexity index is 542. The minimum absolute atomic E-state index is 0.0197. The first-order valence-electron chi connectivity index (χ1n) is 6.72. The fraction of sp³-hybridized carbons (Fsp3) is 0.571. The highest BCUT2D eigenvalue weighted by Crippen LogP contribution is 2.22. The van der Waals surface area contributed by atoms with Gasteiger partial charge in [-0.15, -0.1) is 0 Å². The molecule has 0 aromatic heterocycles. The Labute approximate surface area is 119 Å². The molecule has 5 nitrogen and oxygen atoms in total. The molecule has 1 aliphatic heterocycles. The fourth-order valence-corrected chi connectivity index (χ4v) is 3.59. The molecule has 1 aromatic carbocycles. The summed E-state index contributed by atoms with van der Waals surface area (Å²) in [4.78, 5) is 2.20. The van der Waals surface area contributed by atoms with Gasteiger partial charge in [0.25, 0.3) is 0 Å². The number of hydrogen-bond acceptors (Lipinski definition) is 5. The van der Waals surface area contributed by atoms with E-state index in [-0.39, 0.29) is 5.75 Å². The van der Waals surface area contributed by atoms with E-state index in [1.54, 1.807) is 37.3 Å². The molecule has 2 atom stereocenters. The third-order valence-corrected chi connectivity index (χ3v) is 5.57. The van der Waals surface area contributed by atoms with E-state index in [0.717, 1.165) is 0 Å². The van der Waals surface area contributed by atoms with E-state index in [4.69, 9.17) is 0 Å². The zero-order valence-corrected chi connectivity index (χ0v) is 12.4. The van der Waals surface area contributed by atoms with Crippen molar-refractivity contribution in [3.8, 4) is 0 Å². The average molecular weight is 299 g/mol. The fourth-order valence-electron chi connectivity index (χ4n) is 2.28. The van der Waals surface area contributed by atoms with Crippen molar-refractivity contribution in [1.82, 2.24) is 4.90 Å². The van der Waals surface area contributed by atoms with Crippen LogP contribution in [0.1, 0.15) is 13.3 Å². The standard InChI is InChI=1S/C14H21NO4S/c1-14(17)7-8-15(11-13(14)16)9-10-20(18,19)12-5-3-2-4-6-12/h2-6,13,16-17H,7-11H2,1H3. The molecule has 0 aliphatic carbocycles. The van der Waals surface area contributed by atoms with E-state index < -0.39 is 21.5 Å². The van der Waals surface area contributed by atoms with Crippen LogP contribution in [0.5, 0.6) is 0 Å². The van der Waals surface area contributed by atoms with Gasteiger partial charge in [-0.2, -0.15) is 0 Å². The maximum absolute atomic E-state index is 12.1. The molecule has 1 fully saturated rings. The first kappa shape index (κ1) is 15.4. The molecule has 0 radical (unpaired) electrons. The van der Waals surface area contributed by atoms with Gasteiger partial charge in [-0.3, -0.25) is 4.90 Å². The van der Waals surface area contributed by atoms with Gasteiger partial charge in [0.1, 0.15) is 0 Å². The van der Waals surface area contributed by atoms with E-state index in [1.165, 1.54) is 0 Å². The summed E-state index contributed by atoms with van der Waals surface area (Å²) >= 11 is 0. The van der Waals surface area contributed by atoms with Gasteiger partial charge in [-0.05, 0) is 25.5 Å². The molecule has 0 bridgehead atoms. The minimum atomic E-state index is -3.29. The molecule has 2 rings (SSSR count). The van der Waals surface area contributed by atoms with Crippen molar-refractivity contribution in [1.29, 1.82) is 0 Å². The van der Waals surface area contributed by atoms with Crippen LogP contribution in [0.25, 0.3) is 0 Å². The van der Waals surface area contributed by atoms with Crippen LogP contribution in [0.3, 0.4) is 0 Å². The first-order valence-corrected chi connectivity index (χ1v) is 8.37. The quantitative estimate of drug-likeness (QED) is 0.835. The lowest BCUT2D eigenvalue weighted by Gasteiger charge is -2.39. The van der Waals surface area contributed by atoms with E-state index >= 15 is 0 Å². The summed E-state index contributed by atoms with van der Waals surface area (Å²) in [6, 6.07) is 8.36. The smallest absolute Gasteiger partial charge is 0.179 e. The van der Waals surface area contributed by atoms with Crippen molar-refractivity contribution in [3.05, 3.63) is 30.3 Å². The molecule has 0 spiro atoms. The van der Waals surface area contributed by atoms with Crippen LogP contribution in [-0.4, -0.2) is 60.6 Å². The minimum Gasteiger partial charge on any atom is -0.389 e. The van der Waals surface area contributed by atoms with Gasteiger partial charge in [-0.1, -0.05) is 18.2 Å². The first-order chi connectivity index (χ1) is 9.31. The highest BCUT2D eigenvalue weighted by atomic mass is 32.2. The molecule has 112 valence electrons. The molecule has 20 heavy (non-hydrogen) atoms. The summed E-state index contributed by atoms with van der Waals surface area (Å²) in [5.74, 6) is 0.0197. The third-order valence-electron chi connectivity index (χ3n) is 3.86. The number of piperidine rings is 1. The molecule has 0 saturated carbocycles. The normalized spacial score (nSPS) is 28.4. The molecular weight excluding hydrogens is 278 g/mol. The maximum atomic E-state index is 12.1. The summed E-state index contributed by atoms with van der Waals surface area (Å²) in [6.07, 6.45) is -0.393. The van der Waals surface area contributed by atoms with Crippen LogP contribution in [0.4, 0.5) is 0 Å². The van der Waals surface area contributed by atoms with Gasteiger partial charge in [-0.25, -0.2) is 8.42 Å². The number of aliphatic hydroxyl groups excluding tert-OH is 1. The monoisotopic (exact) mass is 299 g/mol. The topological polar surface area (TPSA) is 77.8 Å². The average Bonchev–Trinajstić information content (AvgIpc) is 2.41. The van der Waals surface area contributed by atoms with Crippen LogP contribution in [0, 0.1) is 0 Å². The Morgan fingerprint density at radius 1 is 1.35 bits per heavy atom. The Balaban J connectivity index is 1.93. The van der Waals surface area contributed by atoms with E-state index in [9.17, 15) is 18.6 Å². The molecule has 6 heteroatoms. The van der Waals surface area contributed by atoms with Crippen LogP contribution in [-0.2, 0) is 9.84 Å². The number of hydrogen-bond donors (Lipinski definition) is 2. The predicted octanol–water partition coefficient (Wildman–Crippen LogP) is 0.278. The number of rotatable bonds is 4. The van der Waals surface area contributed by atoms with Crippen LogP contribution < -0.4 is 0 Å². The summed E-state index contributed by atoms with van der Waals surface area (Å²) < 4.78 is 24.3. The van der Waals surface area contributed by atoms with Gasteiger partial charge in [0.05, 0.1) is 22.4 Å². The van der Waals surface area contributed by atoms with E-state index in [0.29, 0.717) is 31.0 Å². The molecule has 2 unspecified atom stereocenters. The largest absolute Gasteiger partial charge is 0.389 e. The Kier molecular flexibility index (Phi) is 4.49. The van der Waals surface area contributed by atoms with Gasteiger partial charge in [0, 0.05) is 19.6 Å². The van der Waals surface area contributed by atoms with Crippen molar-refractivity contribution in [3.63, 3.8) is 0 Å². The molecule has 1 aliphatic rings. The summed E-state index contributed by atoms with van der Waals surface area (Å²) in [5.41, 5.74) is -1.07. The molecule has 1 aromatic rings. The van der Waals surface area contributed by atoms with Crippen LogP contribution in [0.15, 0.2) is 35.2 Å². The second kappa shape index (κ2) is 5.81. The van der Waals surface area contributed by atoms with Crippen molar-refractivity contribution in [2.75, 3.05) is 25.4 Å². The van der Waals surface area contributed by atoms with Crippen molar-refractivity contribution < 1.29 is 18.6 Å². The number of aliphatic hydroxyl groups is 2. The van der Waals surface area contributed by atoms with Crippen molar-refractivity contribution in [2.24, 2.45) is 0 Å². The van der Waals surface area contributed by atoms with Gasteiger partial charge >= 0.3 is 0 Å². The lowest BCUT2D eigenvalue weighted by Crippen LogP contribution is -2.54. The molecule has 0 amide bonds. The van der Waals surface area contributed by atoms with Gasteiger partial charge in [0.2, 0.25) is 0 Å². The van der Waals surface area contributed by atoms with E-state index in [2.05, 4.69) is 0 Å². The lowest BCUT2D eigenvalue weighted by atomic mass is 9.91. The number of nitrogens with zero attached hydrogens (tertiary/aromatic N) is 1. The van der Waals surface area contributed by atoms with Crippen molar-refractivity contribution >= 4 is 9.84 Å². The lowest BCUT2D eigenvalue weighted by molar-refractivity contribution is -0.106. The highest BCUT2D eigenvalue weighted by molar-refractivity contribution is 7.91. The third kappa shape index (κ3) is 3.58. The molecule has 2 N–H and O–H groups in total. The summed E-state index contributed by atoms with van der Waals surface area (Å²) in [6.45, 7) is 2.87. The summed E-state index contributed by atoms with van der Waals surface area (Å²) in [7, 11) is -3.29. The second-order valence-electron chi connectivity index (χ2n) is 5.56. The molecule has 1 saturated heterocycles. The number of β-amino-alcohol motifs (C(OH)–C–C–N with tert-alkyl or cyclic N) is 1. The highest BCUT2D eigenvalue weighted by Gasteiger charge is 2.36. The SMILES string of the molecule is CC1(O)CCN(CCS(=O)(=O)c2ccccc2)CC1O. The Morgan fingerprint density at radius 3 is 2.60 bits per heavy atom. The number of likely N-dealkylation sites (tertiary alicyclic amines) is 1. The second-order valence-corrected chi connectivity index (χ2v) is 7.66. The van der Waals surface area contributed by atoms with Crippen molar-refractivity contribution in [2.45, 2.75) is 29.9 Å². The van der Waals surface area contributed by atoms with Gasteiger partial charge in [0.15, 0.2) is 9.84 Å². The Hall–Kier alpha value is -0.950.